The van der Waals surface area contributed by atoms with Crippen LogP contribution in [-0.2, 0) is 13.6 Å². The van der Waals surface area contributed by atoms with Crippen molar-refractivity contribution < 1.29 is 0 Å². The van der Waals surface area contributed by atoms with Gasteiger partial charge >= 0.3 is 0 Å². The van der Waals surface area contributed by atoms with Gasteiger partial charge in [0, 0.05) is 51.2 Å². The van der Waals surface area contributed by atoms with Crippen LogP contribution in [0.15, 0.2) is 53.7 Å². The van der Waals surface area contributed by atoms with E-state index >= 15 is 0 Å². The zero-order valence-corrected chi connectivity index (χ0v) is 18.2. The third kappa shape index (κ3) is 5.23. The van der Waals surface area contributed by atoms with Gasteiger partial charge < -0.3 is 15.2 Å². The Morgan fingerprint density at radius 2 is 2.00 bits per heavy atom. The molecule has 142 valence electrons. The van der Waals surface area contributed by atoms with Crippen molar-refractivity contribution in [2.24, 2.45) is 12.0 Å². The molecule has 3 rings (SSSR count). The number of hydrogen-bond acceptors (Lipinski definition) is 2. The minimum atomic E-state index is 0. The van der Waals surface area contributed by atoms with Crippen LogP contribution in [0.5, 0.6) is 0 Å². The van der Waals surface area contributed by atoms with E-state index in [4.69, 9.17) is 0 Å². The highest BCUT2D eigenvalue weighted by Gasteiger charge is 2.27. The second-order valence-electron chi connectivity index (χ2n) is 6.75. The summed E-state index contributed by atoms with van der Waals surface area (Å²) in [7, 11) is 3.90. The Morgan fingerprint density at radius 3 is 2.65 bits per heavy atom. The van der Waals surface area contributed by atoms with E-state index in [-0.39, 0.29) is 24.0 Å². The summed E-state index contributed by atoms with van der Waals surface area (Å²) in [5.41, 5.74) is 2.63. The molecule has 1 aliphatic heterocycles. The van der Waals surface area contributed by atoms with E-state index in [1.165, 1.54) is 11.3 Å². The topological polar surface area (TPSA) is 44.6 Å². The summed E-state index contributed by atoms with van der Waals surface area (Å²) in [4.78, 5) is 6.91. The Hall–Kier alpha value is -1.54. The molecule has 0 aliphatic carbocycles. The first-order valence-corrected chi connectivity index (χ1v) is 9.03. The van der Waals surface area contributed by atoms with Gasteiger partial charge in [0.2, 0.25) is 0 Å². The molecule has 1 aromatic carbocycles. The number of aromatic nitrogens is 1. The number of nitrogens with one attached hydrogen (secondary N) is 2. The Bertz CT molecular complexity index is 697. The number of halogens is 1. The molecule has 1 aliphatic rings. The Balaban J connectivity index is 0.00000243. The van der Waals surface area contributed by atoms with Crippen LogP contribution in [0.2, 0.25) is 0 Å². The lowest BCUT2D eigenvalue weighted by Gasteiger charge is -2.25. The largest absolute Gasteiger partial charge is 0.353 e. The van der Waals surface area contributed by atoms with Crippen molar-refractivity contribution in [2.75, 3.05) is 20.1 Å². The molecule has 6 heteroatoms. The number of hydrogen-bond donors (Lipinski definition) is 2. The molecule has 1 fully saturated rings. The van der Waals surface area contributed by atoms with Gasteiger partial charge in [-0.15, -0.1) is 24.0 Å². The first kappa shape index (κ1) is 20.8. The molecule has 2 atom stereocenters. The van der Waals surface area contributed by atoms with E-state index in [1.807, 2.05) is 7.05 Å². The van der Waals surface area contributed by atoms with Crippen molar-refractivity contribution in [1.29, 1.82) is 0 Å². The minimum Gasteiger partial charge on any atom is -0.353 e. The molecule has 2 N–H and O–H groups in total. The fourth-order valence-corrected chi connectivity index (χ4v) is 3.44. The lowest BCUT2D eigenvalue weighted by Crippen LogP contribution is -2.44. The number of nitrogens with zero attached hydrogens (tertiary/aromatic N) is 3. The van der Waals surface area contributed by atoms with E-state index in [0.717, 1.165) is 32.0 Å². The average Bonchev–Trinajstić information content (AvgIpc) is 3.27. The molecule has 2 aromatic rings. The van der Waals surface area contributed by atoms with Crippen LogP contribution >= 0.6 is 24.0 Å². The summed E-state index contributed by atoms with van der Waals surface area (Å²) < 4.78 is 2.12. The molecule has 0 bridgehead atoms. The first-order chi connectivity index (χ1) is 12.2. The van der Waals surface area contributed by atoms with Crippen molar-refractivity contribution in [3.05, 3.63) is 59.9 Å². The van der Waals surface area contributed by atoms with Gasteiger partial charge in [-0.1, -0.05) is 30.3 Å². The average molecular weight is 467 g/mol. The van der Waals surface area contributed by atoms with Gasteiger partial charge in [0.25, 0.3) is 0 Å². The molecule has 0 spiro atoms. The quantitative estimate of drug-likeness (QED) is 0.404. The second kappa shape index (κ2) is 9.97. The van der Waals surface area contributed by atoms with Gasteiger partial charge in [-0.25, -0.2) is 0 Å². The molecule has 0 saturated carbocycles. The lowest BCUT2D eigenvalue weighted by atomic mass is 10.1. The lowest BCUT2D eigenvalue weighted by molar-refractivity contribution is 0.258. The monoisotopic (exact) mass is 467 g/mol. The fraction of sp³-hybridized carbons (Fsp3) is 0.450. The maximum absolute atomic E-state index is 4.38. The Morgan fingerprint density at radius 1 is 1.23 bits per heavy atom. The number of rotatable bonds is 5. The molecule has 1 aromatic heterocycles. The summed E-state index contributed by atoms with van der Waals surface area (Å²) >= 11 is 0. The van der Waals surface area contributed by atoms with E-state index in [9.17, 15) is 0 Å². The van der Waals surface area contributed by atoms with Gasteiger partial charge in [0.15, 0.2) is 5.96 Å². The number of aryl methyl sites for hydroxylation is 1. The van der Waals surface area contributed by atoms with Crippen LogP contribution < -0.4 is 10.6 Å². The predicted molar refractivity (Wildman–Crippen MR) is 119 cm³/mol. The molecule has 0 radical (unpaired) electrons. The van der Waals surface area contributed by atoms with Gasteiger partial charge in [0.1, 0.15) is 0 Å². The Labute approximate surface area is 173 Å². The van der Waals surface area contributed by atoms with Crippen LogP contribution in [0.25, 0.3) is 0 Å². The van der Waals surface area contributed by atoms with E-state index in [0.29, 0.717) is 12.1 Å². The predicted octanol–water partition coefficient (Wildman–Crippen LogP) is 3.14. The normalized spacial score (nSPS) is 19.0. The number of benzene rings is 1. The van der Waals surface area contributed by atoms with Crippen molar-refractivity contribution >= 4 is 29.9 Å². The zero-order chi connectivity index (χ0) is 17.6. The summed E-state index contributed by atoms with van der Waals surface area (Å²) in [6.07, 6.45) is 3.20. The molecule has 0 amide bonds. The second-order valence-corrected chi connectivity index (χ2v) is 6.75. The maximum atomic E-state index is 4.38. The number of aliphatic imine (C=N–C) groups is 1. The van der Waals surface area contributed by atoms with E-state index in [2.05, 4.69) is 87.7 Å². The van der Waals surface area contributed by atoms with Crippen LogP contribution in [0, 0.1) is 0 Å². The minimum absolute atomic E-state index is 0. The molecule has 2 heterocycles. The van der Waals surface area contributed by atoms with Crippen molar-refractivity contribution in [3.8, 4) is 0 Å². The molecule has 1 saturated heterocycles. The van der Waals surface area contributed by atoms with Crippen LogP contribution in [0.4, 0.5) is 0 Å². The molecule has 5 nitrogen and oxygen atoms in total. The molecular formula is C20H30IN5. The molecule has 2 unspecified atom stereocenters. The van der Waals surface area contributed by atoms with Crippen LogP contribution in [0.3, 0.4) is 0 Å². The van der Waals surface area contributed by atoms with Crippen molar-refractivity contribution in [1.82, 2.24) is 20.1 Å². The highest BCUT2D eigenvalue weighted by molar-refractivity contribution is 14.0. The number of guanidine groups is 1. The van der Waals surface area contributed by atoms with E-state index < -0.39 is 0 Å². The fourth-order valence-electron chi connectivity index (χ4n) is 3.44. The maximum Gasteiger partial charge on any atom is 0.191 e. The third-order valence-corrected chi connectivity index (χ3v) is 5.10. The summed E-state index contributed by atoms with van der Waals surface area (Å²) in [5.74, 6) is 0.875. The number of likely N-dealkylation sites (tertiary alicyclic amines) is 1. The summed E-state index contributed by atoms with van der Waals surface area (Å²) in [6, 6.07) is 15.8. The smallest absolute Gasteiger partial charge is 0.191 e. The highest BCUT2D eigenvalue weighted by atomic mass is 127. The highest BCUT2D eigenvalue weighted by Crippen LogP contribution is 2.24. The Kier molecular flexibility index (Phi) is 7.96. The summed E-state index contributed by atoms with van der Waals surface area (Å²) in [5, 5.41) is 6.99. The van der Waals surface area contributed by atoms with Crippen molar-refractivity contribution in [2.45, 2.75) is 32.0 Å². The summed E-state index contributed by atoms with van der Waals surface area (Å²) in [6.45, 7) is 5.23. The van der Waals surface area contributed by atoms with Gasteiger partial charge in [-0.3, -0.25) is 9.89 Å². The zero-order valence-electron chi connectivity index (χ0n) is 15.9. The van der Waals surface area contributed by atoms with Crippen molar-refractivity contribution in [3.63, 3.8) is 0 Å². The third-order valence-electron chi connectivity index (χ3n) is 5.10. The van der Waals surface area contributed by atoms with E-state index in [1.54, 1.807) is 0 Å². The SMILES string of the molecule is CN=C(NCc1cccn1C)NC1CCN(C(C)c2ccccc2)C1.I. The molecular weight excluding hydrogens is 437 g/mol. The van der Waals surface area contributed by atoms with Crippen LogP contribution in [-0.4, -0.2) is 41.6 Å². The van der Waals surface area contributed by atoms with Gasteiger partial charge in [0.05, 0.1) is 6.54 Å². The molecule has 26 heavy (non-hydrogen) atoms. The first-order valence-electron chi connectivity index (χ1n) is 9.03. The van der Waals surface area contributed by atoms with Gasteiger partial charge in [-0.2, -0.15) is 0 Å². The van der Waals surface area contributed by atoms with Crippen LogP contribution in [0.1, 0.15) is 30.6 Å². The van der Waals surface area contributed by atoms with Gasteiger partial charge in [-0.05, 0) is 31.0 Å². The standard InChI is InChI=1S/C20H29N5.HI/c1-16(17-8-5-4-6-9-17)25-13-11-18(15-25)23-20(21-2)22-14-19-10-7-12-24(19)3;/h4-10,12,16,18H,11,13-15H2,1-3H3,(H2,21,22,23);1H.